The van der Waals surface area contributed by atoms with E-state index in [1.165, 1.54) is 24.3 Å². The Kier molecular flexibility index (Phi) is 8.82. The molecule has 204 valence electrons. The molecule has 0 atom stereocenters. The number of hydrogen-bond donors (Lipinski definition) is 2. The van der Waals surface area contributed by atoms with E-state index in [4.69, 9.17) is 0 Å². The number of nitrogens with zero attached hydrogens (tertiary/aromatic N) is 3. The second-order valence-electron chi connectivity index (χ2n) is 8.31. The zero-order valence-electron chi connectivity index (χ0n) is 20.8. The number of aromatic nitrogens is 2. The summed E-state index contributed by atoms with van der Waals surface area (Å²) >= 11 is 0. The Morgan fingerprint density at radius 3 is 1.32 bits per heavy atom. The van der Waals surface area contributed by atoms with Gasteiger partial charge in [-0.25, -0.2) is 4.79 Å². The van der Waals surface area contributed by atoms with Gasteiger partial charge in [0.1, 0.15) is 13.3 Å². The topological polar surface area (TPSA) is 114 Å². The van der Waals surface area contributed by atoms with E-state index >= 15 is 0 Å². The Morgan fingerprint density at radius 2 is 0.975 bits per heavy atom. The molecule has 0 aliphatic heterocycles. The first-order chi connectivity index (χ1) is 19.2. The number of rotatable bonds is 9. The van der Waals surface area contributed by atoms with E-state index in [0.29, 0.717) is 5.06 Å². The quantitative estimate of drug-likeness (QED) is 0.238. The normalized spacial score (nSPS) is 11.1. The van der Waals surface area contributed by atoms with Crippen LogP contribution in [0.25, 0.3) is 22.3 Å². The molecule has 40 heavy (non-hydrogen) atoms. The third-order valence-corrected chi connectivity index (χ3v) is 5.60. The monoisotopic (exact) mass is 549 g/mol. The minimum atomic E-state index is -5.28. The SMILES string of the molecule is O=C(NCN(CNC(=O)c1ccc(-c2ccncc2)cc1)OC(=O)C(F)(F)F)c1ccc(-c2ccncc2)cc1. The summed E-state index contributed by atoms with van der Waals surface area (Å²) in [6, 6.07) is 20.1. The van der Waals surface area contributed by atoms with Gasteiger partial charge in [0.25, 0.3) is 11.8 Å². The van der Waals surface area contributed by atoms with E-state index in [0.717, 1.165) is 22.3 Å². The number of nitrogens with one attached hydrogen (secondary N) is 2. The molecule has 0 saturated heterocycles. The number of benzene rings is 2. The molecule has 2 amide bonds. The molecule has 12 heteroatoms. The molecule has 0 bridgehead atoms. The number of alkyl halides is 3. The first-order valence-corrected chi connectivity index (χ1v) is 11.8. The van der Waals surface area contributed by atoms with Crippen LogP contribution in [0.2, 0.25) is 0 Å². The van der Waals surface area contributed by atoms with Crippen molar-refractivity contribution in [3.05, 3.63) is 109 Å². The highest BCUT2D eigenvalue weighted by atomic mass is 19.4. The first-order valence-electron chi connectivity index (χ1n) is 11.8. The zero-order valence-corrected chi connectivity index (χ0v) is 20.8. The lowest BCUT2D eigenvalue weighted by Gasteiger charge is -2.22. The summed E-state index contributed by atoms with van der Waals surface area (Å²) in [5.74, 6) is -3.76. The van der Waals surface area contributed by atoms with Crippen molar-refractivity contribution in [2.45, 2.75) is 6.18 Å². The van der Waals surface area contributed by atoms with Gasteiger partial charge in [0.2, 0.25) is 0 Å². The van der Waals surface area contributed by atoms with Crippen LogP contribution in [0.1, 0.15) is 20.7 Å². The number of hydroxylamine groups is 2. The highest BCUT2D eigenvalue weighted by Gasteiger charge is 2.42. The molecule has 0 radical (unpaired) electrons. The van der Waals surface area contributed by atoms with Crippen molar-refractivity contribution in [3.63, 3.8) is 0 Å². The molecule has 0 spiro atoms. The molecular weight excluding hydrogens is 527 g/mol. The van der Waals surface area contributed by atoms with Crippen LogP contribution in [0.4, 0.5) is 13.2 Å². The fourth-order valence-corrected chi connectivity index (χ4v) is 3.53. The van der Waals surface area contributed by atoms with Crippen LogP contribution in [-0.2, 0) is 9.63 Å². The first kappa shape index (κ1) is 27.9. The van der Waals surface area contributed by atoms with E-state index in [1.54, 1.807) is 73.3 Å². The lowest BCUT2D eigenvalue weighted by Crippen LogP contribution is -2.46. The summed E-state index contributed by atoms with van der Waals surface area (Å²) in [5.41, 5.74) is 3.87. The summed E-state index contributed by atoms with van der Waals surface area (Å²) in [6.07, 6.45) is 1.23. The van der Waals surface area contributed by atoms with Crippen LogP contribution in [-0.4, -0.2) is 52.3 Å². The third-order valence-electron chi connectivity index (χ3n) is 5.60. The fraction of sp³-hybridized carbons (Fsp3) is 0.107. The molecule has 2 N–H and O–H groups in total. The number of carbonyl (C=O) groups excluding carboxylic acids is 3. The van der Waals surface area contributed by atoms with Crippen LogP contribution in [0.3, 0.4) is 0 Å². The molecule has 0 unspecified atom stereocenters. The molecule has 0 saturated carbocycles. The van der Waals surface area contributed by atoms with Crippen molar-refractivity contribution in [1.29, 1.82) is 0 Å². The van der Waals surface area contributed by atoms with Crippen LogP contribution >= 0.6 is 0 Å². The molecule has 2 aromatic carbocycles. The van der Waals surface area contributed by atoms with Gasteiger partial charge in [0, 0.05) is 35.9 Å². The van der Waals surface area contributed by atoms with E-state index in [2.05, 4.69) is 25.4 Å². The molecule has 0 aliphatic rings. The minimum Gasteiger partial charge on any atom is -0.357 e. The van der Waals surface area contributed by atoms with Crippen LogP contribution in [0, 0.1) is 0 Å². The Morgan fingerprint density at radius 1 is 0.625 bits per heavy atom. The predicted molar refractivity (Wildman–Crippen MR) is 138 cm³/mol. The molecular formula is C28H22F3N5O4. The second kappa shape index (κ2) is 12.6. The van der Waals surface area contributed by atoms with E-state index in [1.807, 2.05) is 0 Å². The van der Waals surface area contributed by atoms with Gasteiger partial charge in [-0.05, 0) is 70.8 Å². The average Bonchev–Trinajstić information content (AvgIpc) is 2.98. The van der Waals surface area contributed by atoms with Crippen LogP contribution in [0.5, 0.6) is 0 Å². The summed E-state index contributed by atoms with van der Waals surface area (Å²) in [7, 11) is 0. The van der Waals surface area contributed by atoms with Gasteiger partial charge in [-0.1, -0.05) is 24.3 Å². The predicted octanol–water partition coefficient (Wildman–Crippen LogP) is 4.21. The molecule has 4 rings (SSSR count). The maximum atomic E-state index is 12.8. The molecule has 2 heterocycles. The summed E-state index contributed by atoms with van der Waals surface area (Å²) in [5, 5.41) is 5.25. The van der Waals surface area contributed by atoms with Crippen molar-refractivity contribution in [2.75, 3.05) is 13.3 Å². The number of pyridine rings is 2. The lowest BCUT2D eigenvalue weighted by atomic mass is 10.1. The number of carbonyl (C=O) groups is 3. The molecule has 4 aromatic rings. The van der Waals surface area contributed by atoms with Crippen molar-refractivity contribution in [1.82, 2.24) is 25.7 Å². The zero-order chi connectivity index (χ0) is 28.5. The minimum absolute atomic E-state index is 0.221. The highest BCUT2D eigenvalue weighted by Crippen LogP contribution is 2.20. The van der Waals surface area contributed by atoms with E-state index < -0.39 is 37.3 Å². The molecule has 2 aromatic heterocycles. The van der Waals surface area contributed by atoms with Crippen LogP contribution < -0.4 is 10.6 Å². The van der Waals surface area contributed by atoms with Gasteiger partial charge in [-0.2, -0.15) is 13.2 Å². The van der Waals surface area contributed by atoms with Gasteiger partial charge in [-0.3, -0.25) is 19.6 Å². The van der Waals surface area contributed by atoms with Gasteiger partial charge >= 0.3 is 12.1 Å². The average molecular weight is 550 g/mol. The molecule has 0 fully saturated rings. The summed E-state index contributed by atoms with van der Waals surface area (Å²) in [4.78, 5) is 48.9. The smallest absolute Gasteiger partial charge is 0.357 e. The second-order valence-corrected chi connectivity index (χ2v) is 8.31. The van der Waals surface area contributed by atoms with Crippen molar-refractivity contribution in [3.8, 4) is 22.3 Å². The number of halogens is 3. The Hall–Kier alpha value is -5.10. The van der Waals surface area contributed by atoms with Crippen molar-refractivity contribution < 1.29 is 32.4 Å². The number of hydrogen-bond acceptors (Lipinski definition) is 7. The van der Waals surface area contributed by atoms with Gasteiger partial charge in [0.05, 0.1) is 0 Å². The summed E-state index contributed by atoms with van der Waals surface area (Å²) < 4.78 is 38.4. The highest BCUT2D eigenvalue weighted by molar-refractivity contribution is 5.95. The van der Waals surface area contributed by atoms with Gasteiger partial charge < -0.3 is 15.5 Å². The lowest BCUT2D eigenvalue weighted by molar-refractivity contribution is -0.240. The fourth-order valence-electron chi connectivity index (χ4n) is 3.53. The van der Waals surface area contributed by atoms with Crippen molar-refractivity contribution >= 4 is 17.8 Å². The van der Waals surface area contributed by atoms with E-state index in [-0.39, 0.29) is 11.1 Å². The van der Waals surface area contributed by atoms with Gasteiger partial charge in [0.15, 0.2) is 0 Å². The Bertz CT molecular complexity index is 1350. The maximum absolute atomic E-state index is 12.8. The third kappa shape index (κ3) is 7.48. The van der Waals surface area contributed by atoms with Gasteiger partial charge in [-0.15, -0.1) is 5.06 Å². The largest absolute Gasteiger partial charge is 0.492 e. The number of amides is 2. The van der Waals surface area contributed by atoms with Crippen molar-refractivity contribution in [2.24, 2.45) is 0 Å². The maximum Gasteiger partial charge on any atom is 0.492 e. The summed E-state index contributed by atoms with van der Waals surface area (Å²) in [6.45, 7) is -1.26. The standard InChI is InChI=1S/C28H22F3N5O4/c29-28(30,31)27(39)40-36(17-34-25(37)23-5-1-19(2-6-23)21-9-13-32-14-10-21)18-35-26(38)24-7-3-20(4-8-24)22-11-15-33-16-12-22/h1-16H,17-18H2,(H,34,37)(H,35,38). The Balaban J connectivity index is 1.37. The van der Waals surface area contributed by atoms with E-state index in [9.17, 15) is 27.6 Å². The molecule has 0 aliphatic carbocycles. The molecule has 9 nitrogen and oxygen atoms in total. The Labute approximate surface area is 226 Å². The van der Waals surface area contributed by atoms with Crippen LogP contribution in [0.15, 0.2) is 97.6 Å².